The maximum atomic E-state index is 11.7. The van der Waals surface area contributed by atoms with Crippen molar-refractivity contribution < 1.29 is 13.2 Å². The summed E-state index contributed by atoms with van der Waals surface area (Å²) in [5, 5.41) is 3.57. The second-order valence-electron chi connectivity index (χ2n) is 5.88. The van der Waals surface area contributed by atoms with Gasteiger partial charge in [0, 0.05) is 25.0 Å². The molecule has 1 N–H and O–H groups in total. The van der Waals surface area contributed by atoms with Gasteiger partial charge in [0.1, 0.15) is 11.6 Å². The monoisotopic (exact) mass is 382 g/mol. The minimum absolute atomic E-state index is 0.0665. The number of hydrogen-bond acceptors (Lipinski definition) is 7. The number of nitrogens with zero attached hydrogens (tertiary/aromatic N) is 3. The van der Waals surface area contributed by atoms with Crippen LogP contribution in [0.2, 0.25) is 5.02 Å². The molecule has 0 amide bonds. The van der Waals surface area contributed by atoms with Crippen LogP contribution in [0, 0.1) is 0 Å². The molecule has 1 aliphatic heterocycles. The third-order valence-electron chi connectivity index (χ3n) is 4.17. The molecule has 2 aromatic rings. The van der Waals surface area contributed by atoms with Crippen molar-refractivity contribution >= 4 is 38.9 Å². The maximum absolute atomic E-state index is 11.7. The first-order valence-electron chi connectivity index (χ1n) is 7.75. The van der Waals surface area contributed by atoms with Gasteiger partial charge in [0.15, 0.2) is 9.84 Å². The highest BCUT2D eigenvalue weighted by molar-refractivity contribution is 7.91. The summed E-state index contributed by atoms with van der Waals surface area (Å²) >= 11 is 6.12. The van der Waals surface area contributed by atoms with E-state index in [4.69, 9.17) is 16.3 Å². The molecule has 3 rings (SSSR count). The molecule has 1 aliphatic rings. The van der Waals surface area contributed by atoms with Crippen molar-refractivity contribution in [3.8, 4) is 5.75 Å². The topological polar surface area (TPSA) is 84.4 Å². The van der Waals surface area contributed by atoms with Crippen LogP contribution < -0.4 is 15.0 Å². The number of ether oxygens (including phenoxy) is 1. The van der Waals surface area contributed by atoms with Crippen LogP contribution in [0.15, 0.2) is 30.5 Å². The zero-order chi connectivity index (χ0) is 18.0. The first-order chi connectivity index (χ1) is 11.9. The lowest BCUT2D eigenvalue weighted by atomic mass is 10.2. The molecule has 7 nitrogen and oxygen atoms in total. The van der Waals surface area contributed by atoms with Gasteiger partial charge in [-0.15, -0.1) is 0 Å². The molecule has 0 aliphatic carbocycles. The van der Waals surface area contributed by atoms with Crippen molar-refractivity contribution in [3.63, 3.8) is 0 Å². The number of methoxy groups -OCH3 is 1. The van der Waals surface area contributed by atoms with E-state index in [-0.39, 0.29) is 17.5 Å². The molecule has 1 aromatic carbocycles. The van der Waals surface area contributed by atoms with Crippen molar-refractivity contribution in [2.45, 2.75) is 12.5 Å². The lowest BCUT2D eigenvalue weighted by molar-refractivity contribution is 0.415. The number of halogens is 1. The Morgan fingerprint density at radius 2 is 2.16 bits per heavy atom. The third kappa shape index (κ3) is 4.13. The highest BCUT2D eigenvalue weighted by Crippen LogP contribution is 2.28. The van der Waals surface area contributed by atoms with Crippen LogP contribution in [-0.4, -0.2) is 50.1 Å². The van der Waals surface area contributed by atoms with E-state index in [0.717, 1.165) is 5.69 Å². The smallest absolute Gasteiger partial charge is 0.229 e. The number of nitrogens with one attached hydrogen (secondary N) is 1. The minimum atomic E-state index is -2.95. The molecule has 1 unspecified atom stereocenters. The summed E-state index contributed by atoms with van der Waals surface area (Å²) < 4.78 is 28.5. The molecule has 9 heteroatoms. The van der Waals surface area contributed by atoms with Crippen LogP contribution in [0.5, 0.6) is 5.75 Å². The molecule has 0 saturated carbocycles. The second-order valence-corrected chi connectivity index (χ2v) is 8.52. The van der Waals surface area contributed by atoms with Crippen LogP contribution >= 0.6 is 11.6 Å². The fourth-order valence-electron chi connectivity index (χ4n) is 2.75. The number of aromatic nitrogens is 2. The fraction of sp³-hybridized carbons (Fsp3) is 0.375. The average molecular weight is 383 g/mol. The third-order valence-corrected chi connectivity index (χ3v) is 6.21. The van der Waals surface area contributed by atoms with Gasteiger partial charge in [-0.1, -0.05) is 11.6 Å². The molecule has 1 fully saturated rings. The molecule has 134 valence electrons. The van der Waals surface area contributed by atoms with E-state index in [0.29, 0.717) is 29.0 Å². The molecule has 25 heavy (non-hydrogen) atoms. The Bertz CT molecular complexity index is 875. The first kappa shape index (κ1) is 17.8. The Labute approximate surface area is 151 Å². The highest BCUT2D eigenvalue weighted by atomic mass is 35.5. The minimum Gasteiger partial charge on any atom is -0.495 e. The van der Waals surface area contributed by atoms with Gasteiger partial charge in [0.05, 0.1) is 23.6 Å². The van der Waals surface area contributed by atoms with Crippen molar-refractivity contribution in [3.05, 3.63) is 35.5 Å². The van der Waals surface area contributed by atoms with Gasteiger partial charge in [0.25, 0.3) is 0 Å². The molecule has 2 heterocycles. The molecule has 1 atom stereocenters. The normalized spacial score (nSPS) is 18.8. The molecule has 0 bridgehead atoms. The van der Waals surface area contributed by atoms with Crippen LogP contribution in [0.25, 0.3) is 0 Å². The Hall–Kier alpha value is -2.06. The van der Waals surface area contributed by atoms with Gasteiger partial charge in [-0.2, -0.15) is 4.98 Å². The summed E-state index contributed by atoms with van der Waals surface area (Å²) in [6.45, 7) is 0. The Morgan fingerprint density at radius 1 is 1.36 bits per heavy atom. The van der Waals surface area contributed by atoms with Gasteiger partial charge in [-0.25, -0.2) is 13.4 Å². The quantitative estimate of drug-likeness (QED) is 0.850. The first-order valence-corrected chi connectivity index (χ1v) is 9.95. The van der Waals surface area contributed by atoms with Gasteiger partial charge < -0.3 is 15.0 Å². The fourth-order valence-corrected chi connectivity index (χ4v) is 4.78. The molecular formula is C16H19ClN4O3S. The van der Waals surface area contributed by atoms with Gasteiger partial charge >= 0.3 is 0 Å². The van der Waals surface area contributed by atoms with Crippen LogP contribution in [0.3, 0.4) is 0 Å². The number of benzene rings is 1. The van der Waals surface area contributed by atoms with Crippen molar-refractivity contribution in [2.75, 3.05) is 35.9 Å². The van der Waals surface area contributed by atoms with E-state index in [9.17, 15) is 8.42 Å². The molecular weight excluding hydrogens is 364 g/mol. The summed E-state index contributed by atoms with van der Waals surface area (Å²) in [7, 11) is 0.459. The SMILES string of the molecule is COc1ccc(Nc2nccc(N(C)C3CCS(=O)(=O)C3)n2)cc1Cl. The lowest BCUT2D eigenvalue weighted by Gasteiger charge is -2.24. The summed E-state index contributed by atoms with van der Waals surface area (Å²) in [5.74, 6) is 2.04. The van der Waals surface area contributed by atoms with E-state index in [2.05, 4.69) is 15.3 Å². The molecule has 0 radical (unpaired) electrons. The van der Waals surface area contributed by atoms with Crippen molar-refractivity contribution in [1.29, 1.82) is 0 Å². The predicted molar refractivity (Wildman–Crippen MR) is 98.8 cm³/mol. The highest BCUT2D eigenvalue weighted by Gasteiger charge is 2.31. The van der Waals surface area contributed by atoms with Gasteiger partial charge in [-0.05, 0) is 30.7 Å². The van der Waals surface area contributed by atoms with Crippen molar-refractivity contribution in [1.82, 2.24) is 9.97 Å². The maximum Gasteiger partial charge on any atom is 0.229 e. The molecule has 1 aromatic heterocycles. The van der Waals surface area contributed by atoms with Crippen LogP contribution in [0.4, 0.5) is 17.5 Å². The van der Waals surface area contributed by atoms with Crippen LogP contribution in [-0.2, 0) is 9.84 Å². The predicted octanol–water partition coefficient (Wildman–Crippen LogP) is 2.51. The average Bonchev–Trinajstić information content (AvgIpc) is 2.94. The number of sulfone groups is 1. The van der Waals surface area contributed by atoms with Gasteiger partial charge in [-0.3, -0.25) is 0 Å². The standard InChI is InChI=1S/C16H19ClN4O3S/c1-21(12-6-8-25(22,23)10-12)15-5-7-18-16(20-15)19-11-3-4-14(24-2)13(17)9-11/h3-5,7,9,12H,6,8,10H2,1-2H3,(H,18,19,20). The summed E-state index contributed by atoms with van der Waals surface area (Å²) in [4.78, 5) is 10.6. The second kappa shape index (κ2) is 7.05. The number of hydrogen-bond donors (Lipinski definition) is 1. The van der Waals surface area contributed by atoms with Crippen molar-refractivity contribution in [2.24, 2.45) is 0 Å². The van der Waals surface area contributed by atoms with Crippen LogP contribution in [0.1, 0.15) is 6.42 Å². The van der Waals surface area contributed by atoms with E-state index in [1.807, 2.05) is 18.0 Å². The Morgan fingerprint density at radius 3 is 2.80 bits per heavy atom. The summed E-state index contributed by atoms with van der Waals surface area (Å²) in [6, 6.07) is 6.99. The zero-order valence-electron chi connectivity index (χ0n) is 13.9. The van der Waals surface area contributed by atoms with E-state index < -0.39 is 9.84 Å². The van der Waals surface area contributed by atoms with Gasteiger partial charge in [0.2, 0.25) is 5.95 Å². The number of anilines is 3. The molecule has 0 spiro atoms. The Balaban J connectivity index is 1.76. The van der Waals surface area contributed by atoms with E-state index in [1.54, 1.807) is 31.5 Å². The summed E-state index contributed by atoms with van der Waals surface area (Å²) in [6.07, 6.45) is 2.25. The van der Waals surface area contributed by atoms with E-state index in [1.165, 1.54) is 0 Å². The number of rotatable bonds is 5. The summed E-state index contributed by atoms with van der Waals surface area (Å²) in [5.41, 5.74) is 0.731. The molecule has 1 saturated heterocycles. The Kier molecular flexibility index (Phi) is 5.01. The lowest BCUT2D eigenvalue weighted by Crippen LogP contribution is -2.33. The largest absolute Gasteiger partial charge is 0.495 e. The zero-order valence-corrected chi connectivity index (χ0v) is 15.5. The van der Waals surface area contributed by atoms with E-state index >= 15 is 0 Å².